The molecule has 0 aliphatic carbocycles. The summed E-state index contributed by atoms with van der Waals surface area (Å²) in [5, 5.41) is 10.9. The van der Waals surface area contributed by atoms with Crippen LogP contribution in [0.3, 0.4) is 0 Å². The van der Waals surface area contributed by atoms with E-state index < -0.39 is 0 Å². The standard InChI is InChI=1S/C20H14Cl4N4OS/c21-12-2-1-3-15(7-12)30-20-16(9-18(24)26-27-20)19-25-14(10-29-28-19)6-11-4-5-13(22)8-17(11)23/h1-5,7-9,14H,6,10H2,(H,25,28)/t14-/m1/s1. The van der Waals surface area contributed by atoms with Crippen LogP contribution in [-0.2, 0) is 11.3 Å². The summed E-state index contributed by atoms with van der Waals surface area (Å²) in [5.74, 6) is 0.526. The summed E-state index contributed by atoms with van der Waals surface area (Å²) < 4.78 is 0. The minimum atomic E-state index is -0.143. The molecule has 2 heterocycles. The molecule has 0 fully saturated rings. The van der Waals surface area contributed by atoms with Crippen LogP contribution in [-0.4, -0.2) is 28.7 Å². The lowest BCUT2D eigenvalue weighted by Gasteiger charge is -2.23. The second-order valence-corrected chi connectivity index (χ2v) is 9.16. The molecule has 1 atom stereocenters. The lowest BCUT2D eigenvalue weighted by molar-refractivity contribution is 0.0623. The maximum atomic E-state index is 6.31. The summed E-state index contributed by atoms with van der Waals surface area (Å²) in [5.41, 5.74) is 4.50. The Bertz CT molecular complexity index is 1110. The fourth-order valence-corrected chi connectivity index (χ4v) is 4.66. The van der Waals surface area contributed by atoms with Crippen LogP contribution in [0, 0.1) is 0 Å². The summed E-state index contributed by atoms with van der Waals surface area (Å²) in [7, 11) is 0. The lowest BCUT2D eigenvalue weighted by Crippen LogP contribution is -2.37. The number of aromatic nitrogens is 2. The molecule has 2 aromatic carbocycles. The smallest absolute Gasteiger partial charge is 0.155 e. The van der Waals surface area contributed by atoms with Gasteiger partial charge in [0, 0.05) is 20.0 Å². The second kappa shape index (κ2) is 9.73. The molecule has 0 radical (unpaired) electrons. The first-order chi connectivity index (χ1) is 14.5. The Morgan fingerprint density at radius 3 is 2.63 bits per heavy atom. The number of nitrogens with zero attached hydrogens (tertiary/aromatic N) is 3. The molecule has 4 rings (SSSR count). The van der Waals surface area contributed by atoms with E-state index in [1.165, 1.54) is 11.8 Å². The van der Waals surface area contributed by atoms with Crippen molar-refractivity contribution in [2.75, 3.05) is 6.61 Å². The molecule has 0 saturated heterocycles. The monoisotopic (exact) mass is 498 g/mol. The van der Waals surface area contributed by atoms with Crippen LogP contribution in [0.5, 0.6) is 0 Å². The Morgan fingerprint density at radius 1 is 1.00 bits per heavy atom. The zero-order valence-corrected chi connectivity index (χ0v) is 19.1. The molecule has 30 heavy (non-hydrogen) atoms. The molecule has 0 spiro atoms. The highest BCUT2D eigenvalue weighted by molar-refractivity contribution is 7.99. The van der Waals surface area contributed by atoms with E-state index in [1.807, 2.05) is 36.4 Å². The summed E-state index contributed by atoms with van der Waals surface area (Å²) in [4.78, 5) is 11.3. The number of aliphatic imine (C=N–C) groups is 1. The third-order valence-corrected chi connectivity index (χ3v) is 6.21. The van der Waals surface area contributed by atoms with Crippen molar-refractivity contribution in [3.8, 4) is 0 Å². The van der Waals surface area contributed by atoms with Crippen molar-refractivity contribution in [1.29, 1.82) is 0 Å². The quantitative estimate of drug-likeness (QED) is 0.457. The maximum absolute atomic E-state index is 6.31. The molecule has 10 heteroatoms. The van der Waals surface area contributed by atoms with Gasteiger partial charge in [-0.25, -0.2) is 5.48 Å². The Kier molecular flexibility index (Phi) is 7.03. The van der Waals surface area contributed by atoms with E-state index in [0.29, 0.717) is 44.5 Å². The molecule has 0 saturated carbocycles. The van der Waals surface area contributed by atoms with Crippen molar-refractivity contribution in [2.24, 2.45) is 4.99 Å². The molecule has 1 aliphatic heterocycles. The third-order valence-electron chi connectivity index (χ3n) is 4.22. The molecule has 5 nitrogen and oxygen atoms in total. The van der Waals surface area contributed by atoms with E-state index in [4.69, 9.17) is 56.2 Å². The number of nitrogens with one attached hydrogen (secondary N) is 1. The normalized spacial score (nSPS) is 16.1. The van der Waals surface area contributed by atoms with Crippen molar-refractivity contribution in [2.45, 2.75) is 22.4 Å². The number of amidine groups is 1. The van der Waals surface area contributed by atoms with Gasteiger partial charge in [0.05, 0.1) is 18.2 Å². The average Bonchev–Trinajstić information content (AvgIpc) is 2.72. The van der Waals surface area contributed by atoms with E-state index in [1.54, 1.807) is 12.1 Å². The van der Waals surface area contributed by atoms with Crippen LogP contribution < -0.4 is 5.48 Å². The Hall–Kier alpha value is -1.54. The lowest BCUT2D eigenvalue weighted by atomic mass is 10.1. The fraction of sp³-hybridized carbons (Fsp3) is 0.150. The van der Waals surface area contributed by atoms with Crippen LogP contribution in [0.15, 0.2) is 63.4 Å². The topological polar surface area (TPSA) is 59.4 Å². The van der Waals surface area contributed by atoms with Gasteiger partial charge in [0.2, 0.25) is 0 Å². The fourth-order valence-electron chi connectivity index (χ4n) is 2.87. The van der Waals surface area contributed by atoms with Crippen molar-refractivity contribution >= 4 is 64.0 Å². The minimum absolute atomic E-state index is 0.143. The summed E-state index contributed by atoms with van der Waals surface area (Å²) >= 11 is 25.9. The summed E-state index contributed by atoms with van der Waals surface area (Å²) in [6.07, 6.45) is 0.601. The number of benzene rings is 2. The zero-order chi connectivity index (χ0) is 21.1. The van der Waals surface area contributed by atoms with Crippen molar-refractivity contribution < 1.29 is 4.84 Å². The molecule has 1 N–H and O–H groups in total. The Balaban J connectivity index is 1.62. The summed E-state index contributed by atoms with van der Waals surface area (Å²) in [6.45, 7) is 0.394. The molecule has 0 amide bonds. The second-order valence-electron chi connectivity index (χ2n) is 6.43. The number of hydrogen-bond acceptors (Lipinski definition) is 6. The molecule has 154 valence electrons. The molecule has 0 unspecified atom stereocenters. The predicted octanol–water partition coefficient (Wildman–Crippen LogP) is 6.13. The minimum Gasteiger partial charge on any atom is -0.272 e. The first-order valence-corrected chi connectivity index (χ1v) is 11.2. The van der Waals surface area contributed by atoms with Gasteiger partial charge in [-0.05, 0) is 48.4 Å². The number of hydrogen-bond donors (Lipinski definition) is 1. The largest absolute Gasteiger partial charge is 0.272 e. The zero-order valence-electron chi connectivity index (χ0n) is 15.3. The van der Waals surface area contributed by atoms with Gasteiger partial charge in [0.15, 0.2) is 11.0 Å². The number of hydroxylamine groups is 1. The van der Waals surface area contributed by atoms with Gasteiger partial charge in [0.25, 0.3) is 0 Å². The highest BCUT2D eigenvalue weighted by Crippen LogP contribution is 2.31. The van der Waals surface area contributed by atoms with Crippen LogP contribution >= 0.6 is 58.2 Å². The first kappa shape index (κ1) is 21.7. The van der Waals surface area contributed by atoms with Gasteiger partial charge in [-0.15, -0.1) is 10.2 Å². The van der Waals surface area contributed by atoms with E-state index in [-0.39, 0.29) is 11.2 Å². The number of rotatable bonds is 5. The molecule has 0 bridgehead atoms. The summed E-state index contributed by atoms with van der Waals surface area (Å²) in [6, 6.07) is 14.5. The Labute approximate surface area is 197 Å². The van der Waals surface area contributed by atoms with Crippen LogP contribution in [0.25, 0.3) is 0 Å². The average molecular weight is 500 g/mol. The van der Waals surface area contributed by atoms with Gasteiger partial charge in [-0.1, -0.05) is 70.3 Å². The van der Waals surface area contributed by atoms with E-state index in [9.17, 15) is 0 Å². The van der Waals surface area contributed by atoms with E-state index >= 15 is 0 Å². The van der Waals surface area contributed by atoms with Crippen molar-refractivity contribution in [1.82, 2.24) is 15.7 Å². The van der Waals surface area contributed by atoms with Crippen LogP contribution in [0.1, 0.15) is 11.1 Å². The van der Waals surface area contributed by atoms with E-state index in [2.05, 4.69) is 15.7 Å². The van der Waals surface area contributed by atoms with E-state index in [0.717, 1.165) is 10.5 Å². The molecular formula is C20H14Cl4N4OS. The predicted molar refractivity (Wildman–Crippen MR) is 122 cm³/mol. The molecular weight excluding hydrogens is 486 g/mol. The molecule has 3 aromatic rings. The highest BCUT2D eigenvalue weighted by atomic mass is 35.5. The maximum Gasteiger partial charge on any atom is 0.155 e. The highest BCUT2D eigenvalue weighted by Gasteiger charge is 2.22. The van der Waals surface area contributed by atoms with Crippen LogP contribution in [0.2, 0.25) is 20.2 Å². The van der Waals surface area contributed by atoms with Crippen LogP contribution in [0.4, 0.5) is 0 Å². The van der Waals surface area contributed by atoms with Gasteiger partial charge in [-0.2, -0.15) is 0 Å². The first-order valence-electron chi connectivity index (χ1n) is 8.84. The molecule has 1 aromatic heterocycles. The van der Waals surface area contributed by atoms with Gasteiger partial charge >= 0.3 is 0 Å². The molecule has 1 aliphatic rings. The van der Waals surface area contributed by atoms with Gasteiger partial charge < -0.3 is 0 Å². The van der Waals surface area contributed by atoms with Crippen molar-refractivity contribution in [3.05, 3.63) is 79.9 Å². The third kappa shape index (κ3) is 5.38. The SMILES string of the molecule is Clc1cccc(Sc2nnc(Cl)cc2C2=N[C@H](Cc3ccc(Cl)cc3Cl)CON2)c1. The van der Waals surface area contributed by atoms with Gasteiger partial charge in [0.1, 0.15) is 5.03 Å². The van der Waals surface area contributed by atoms with Crippen molar-refractivity contribution in [3.63, 3.8) is 0 Å². The Morgan fingerprint density at radius 2 is 1.83 bits per heavy atom. The number of halogens is 4. The van der Waals surface area contributed by atoms with Gasteiger partial charge in [-0.3, -0.25) is 9.83 Å².